The lowest BCUT2D eigenvalue weighted by molar-refractivity contribution is -0.115. The van der Waals surface area contributed by atoms with Crippen LogP contribution >= 0.6 is 0 Å². The third kappa shape index (κ3) is 4.37. The highest BCUT2D eigenvalue weighted by Gasteiger charge is 2.11. The van der Waals surface area contributed by atoms with Crippen molar-refractivity contribution >= 4 is 17.5 Å². The van der Waals surface area contributed by atoms with Crippen LogP contribution in [0.2, 0.25) is 0 Å². The van der Waals surface area contributed by atoms with Gasteiger partial charge in [0.2, 0.25) is 11.8 Å². The number of nitrogens with two attached hydrogens (primary N) is 1. The number of hydrogen-bond donors (Lipinski definition) is 3. The average Bonchev–Trinajstić information content (AvgIpc) is 2.38. The van der Waals surface area contributed by atoms with Crippen LogP contribution in [0.1, 0.15) is 36.2 Å². The fourth-order valence-corrected chi connectivity index (χ4v) is 1.64. The van der Waals surface area contributed by atoms with Crippen molar-refractivity contribution in [3.8, 4) is 0 Å². The van der Waals surface area contributed by atoms with Crippen LogP contribution in [0.25, 0.3) is 0 Å². The average molecular weight is 263 g/mol. The molecule has 2 amide bonds. The Morgan fingerprint density at radius 2 is 2.05 bits per heavy atom. The maximum atomic E-state index is 11.8. The van der Waals surface area contributed by atoms with Crippen molar-refractivity contribution in [3.63, 3.8) is 0 Å². The summed E-state index contributed by atoms with van der Waals surface area (Å²) in [5, 5.41) is 5.88. The van der Waals surface area contributed by atoms with E-state index in [4.69, 9.17) is 5.73 Å². The van der Waals surface area contributed by atoms with Gasteiger partial charge in [0, 0.05) is 17.3 Å². The van der Waals surface area contributed by atoms with Crippen molar-refractivity contribution in [2.75, 3.05) is 11.9 Å². The van der Waals surface area contributed by atoms with Crippen molar-refractivity contribution in [2.45, 2.75) is 33.2 Å². The minimum atomic E-state index is -0.494. The highest BCUT2D eigenvalue weighted by Crippen LogP contribution is 2.18. The van der Waals surface area contributed by atoms with Crippen LogP contribution in [-0.4, -0.2) is 24.4 Å². The van der Waals surface area contributed by atoms with Crippen LogP contribution in [0.3, 0.4) is 0 Å². The predicted molar refractivity (Wildman–Crippen MR) is 76.1 cm³/mol. The van der Waals surface area contributed by atoms with Crippen molar-refractivity contribution < 1.29 is 9.59 Å². The summed E-state index contributed by atoms with van der Waals surface area (Å²) in [5.41, 5.74) is 7.00. The molecule has 1 unspecified atom stereocenters. The van der Waals surface area contributed by atoms with Crippen LogP contribution in [0.15, 0.2) is 18.2 Å². The first-order valence-corrected chi connectivity index (χ1v) is 6.38. The molecule has 0 aliphatic rings. The normalized spacial score (nSPS) is 11.9. The number of anilines is 1. The molecule has 0 saturated carbocycles. The lowest BCUT2D eigenvalue weighted by Crippen LogP contribution is -2.34. The Hall–Kier alpha value is -1.88. The molecule has 104 valence electrons. The largest absolute Gasteiger partial charge is 0.366 e. The van der Waals surface area contributed by atoms with E-state index in [1.165, 1.54) is 0 Å². The molecule has 5 nitrogen and oxygen atoms in total. The second-order valence-electron chi connectivity index (χ2n) is 4.58. The minimum absolute atomic E-state index is 0.134. The van der Waals surface area contributed by atoms with Gasteiger partial charge in [0.25, 0.3) is 0 Å². The summed E-state index contributed by atoms with van der Waals surface area (Å²) < 4.78 is 0. The van der Waals surface area contributed by atoms with Gasteiger partial charge in [-0.05, 0) is 38.0 Å². The fourth-order valence-electron chi connectivity index (χ4n) is 1.64. The molecule has 0 aliphatic carbocycles. The van der Waals surface area contributed by atoms with E-state index in [-0.39, 0.29) is 12.5 Å². The molecule has 0 aromatic heterocycles. The Morgan fingerprint density at radius 3 is 2.63 bits per heavy atom. The van der Waals surface area contributed by atoms with Crippen molar-refractivity contribution in [3.05, 3.63) is 29.3 Å². The van der Waals surface area contributed by atoms with Gasteiger partial charge in [-0.1, -0.05) is 13.0 Å². The molecule has 0 bridgehead atoms. The zero-order valence-corrected chi connectivity index (χ0v) is 11.6. The van der Waals surface area contributed by atoms with E-state index in [0.29, 0.717) is 22.9 Å². The van der Waals surface area contributed by atoms with Crippen LogP contribution in [-0.2, 0) is 4.79 Å². The zero-order valence-electron chi connectivity index (χ0n) is 11.6. The van der Waals surface area contributed by atoms with Gasteiger partial charge in [0.1, 0.15) is 0 Å². The van der Waals surface area contributed by atoms with E-state index in [2.05, 4.69) is 17.6 Å². The molecule has 1 atom stereocenters. The summed E-state index contributed by atoms with van der Waals surface area (Å²) in [6, 6.07) is 5.39. The van der Waals surface area contributed by atoms with Crippen LogP contribution in [0.5, 0.6) is 0 Å². The number of carbonyl (C=O) groups excluding carboxylic acids is 2. The Kier molecular flexibility index (Phi) is 5.51. The molecular weight excluding hydrogens is 242 g/mol. The van der Waals surface area contributed by atoms with Gasteiger partial charge in [-0.3, -0.25) is 9.59 Å². The van der Waals surface area contributed by atoms with Gasteiger partial charge in [-0.25, -0.2) is 0 Å². The lowest BCUT2D eigenvalue weighted by Gasteiger charge is -2.13. The Bertz CT molecular complexity index is 472. The minimum Gasteiger partial charge on any atom is -0.366 e. The Labute approximate surface area is 113 Å². The summed E-state index contributed by atoms with van der Waals surface area (Å²) in [5.74, 6) is -0.628. The second-order valence-corrected chi connectivity index (χ2v) is 4.58. The summed E-state index contributed by atoms with van der Waals surface area (Å²) in [7, 11) is 0. The second kappa shape index (κ2) is 6.89. The topological polar surface area (TPSA) is 84.2 Å². The SMILES string of the molecule is CCC(C)NCC(=O)Nc1cccc(C(N)=O)c1C. The molecule has 1 rings (SSSR count). The molecule has 0 aliphatic heterocycles. The van der Waals surface area contributed by atoms with Crippen molar-refractivity contribution in [1.29, 1.82) is 0 Å². The Balaban J connectivity index is 2.69. The summed E-state index contributed by atoms with van der Waals surface area (Å²) in [6.07, 6.45) is 0.962. The molecule has 0 saturated heterocycles. The van der Waals surface area contributed by atoms with E-state index >= 15 is 0 Å². The van der Waals surface area contributed by atoms with Crippen LogP contribution < -0.4 is 16.4 Å². The third-order valence-electron chi connectivity index (χ3n) is 3.10. The molecule has 0 heterocycles. The third-order valence-corrected chi connectivity index (χ3v) is 3.10. The first-order chi connectivity index (χ1) is 8.95. The van der Waals surface area contributed by atoms with E-state index in [1.807, 2.05) is 6.92 Å². The standard InChI is InChI=1S/C14H21N3O2/c1-4-9(2)16-8-13(18)17-12-7-5-6-11(10(12)3)14(15)19/h5-7,9,16H,4,8H2,1-3H3,(H2,15,19)(H,17,18). The fraction of sp³-hybridized carbons (Fsp3) is 0.429. The maximum Gasteiger partial charge on any atom is 0.249 e. The van der Waals surface area contributed by atoms with Gasteiger partial charge in [-0.2, -0.15) is 0 Å². The molecule has 5 heteroatoms. The predicted octanol–water partition coefficient (Wildman–Crippen LogP) is 1.42. The van der Waals surface area contributed by atoms with E-state index in [1.54, 1.807) is 25.1 Å². The van der Waals surface area contributed by atoms with Gasteiger partial charge in [0.15, 0.2) is 0 Å². The van der Waals surface area contributed by atoms with E-state index in [9.17, 15) is 9.59 Å². The number of primary amides is 1. The lowest BCUT2D eigenvalue weighted by atomic mass is 10.1. The number of amides is 2. The van der Waals surface area contributed by atoms with E-state index < -0.39 is 5.91 Å². The maximum absolute atomic E-state index is 11.8. The quantitative estimate of drug-likeness (QED) is 0.725. The summed E-state index contributed by atoms with van der Waals surface area (Å²) in [4.78, 5) is 23.0. The highest BCUT2D eigenvalue weighted by molar-refractivity contribution is 5.98. The number of carbonyl (C=O) groups is 2. The van der Waals surface area contributed by atoms with E-state index in [0.717, 1.165) is 6.42 Å². The number of nitrogens with one attached hydrogen (secondary N) is 2. The molecule has 0 spiro atoms. The monoisotopic (exact) mass is 263 g/mol. The van der Waals surface area contributed by atoms with Gasteiger partial charge >= 0.3 is 0 Å². The van der Waals surface area contributed by atoms with Crippen LogP contribution in [0, 0.1) is 6.92 Å². The zero-order chi connectivity index (χ0) is 14.4. The Morgan fingerprint density at radius 1 is 1.37 bits per heavy atom. The highest BCUT2D eigenvalue weighted by atomic mass is 16.2. The summed E-state index contributed by atoms with van der Waals surface area (Å²) >= 11 is 0. The smallest absolute Gasteiger partial charge is 0.249 e. The molecule has 0 fully saturated rings. The molecule has 0 radical (unpaired) electrons. The van der Waals surface area contributed by atoms with Crippen molar-refractivity contribution in [1.82, 2.24) is 5.32 Å². The molecule has 1 aromatic rings. The molecular formula is C14H21N3O2. The van der Waals surface area contributed by atoms with Crippen LogP contribution in [0.4, 0.5) is 5.69 Å². The molecule has 4 N–H and O–H groups in total. The number of benzene rings is 1. The summed E-state index contributed by atoms with van der Waals surface area (Å²) in [6.45, 7) is 6.08. The molecule has 1 aromatic carbocycles. The number of rotatable bonds is 6. The first-order valence-electron chi connectivity index (χ1n) is 6.38. The van der Waals surface area contributed by atoms with Crippen molar-refractivity contribution in [2.24, 2.45) is 5.73 Å². The van der Waals surface area contributed by atoms with Gasteiger partial charge in [0.05, 0.1) is 6.54 Å². The number of hydrogen-bond acceptors (Lipinski definition) is 3. The van der Waals surface area contributed by atoms with Gasteiger partial charge < -0.3 is 16.4 Å². The first kappa shape index (κ1) is 15.2. The van der Waals surface area contributed by atoms with Gasteiger partial charge in [-0.15, -0.1) is 0 Å². The molecule has 19 heavy (non-hydrogen) atoms.